The lowest BCUT2D eigenvalue weighted by molar-refractivity contribution is 0.885. The van der Waals surface area contributed by atoms with Crippen molar-refractivity contribution in [1.29, 1.82) is 5.26 Å². The van der Waals surface area contributed by atoms with Crippen LogP contribution in [0.4, 0.5) is 0 Å². The summed E-state index contributed by atoms with van der Waals surface area (Å²) >= 11 is 5.65. The van der Waals surface area contributed by atoms with Gasteiger partial charge in [-0.3, -0.25) is 0 Å². The van der Waals surface area contributed by atoms with E-state index in [1.54, 1.807) is 12.1 Å². The highest BCUT2D eigenvalue weighted by molar-refractivity contribution is 6.29. The van der Waals surface area contributed by atoms with Crippen molar-refractivity contribution in [2.24, 2.45) is 0 Å². The number of nitriles is 1. The van der Waals surface area contributed by atoms with E-state index in [1.165, 1.54) is 0 Å². The topological polar surface area (TPSA) is 49.6 Å². The average molecular weight is 230 g/mol. The molecule has 16 heavy (non-hydrogen) atoms. The average Bonchev–Trinajstić information content (AvgIpc) is 2.34. The predicted molar refractivity (Wildman–Crippen MR) is 60.9 cm³/mol. The summed E-state index contributed by atoms with van der Waals surface area (Å²) in [4.78, 5) is 0. The standard InChI is InChI=1S/C12H8ClN3/c13-12-7-6-11(15-16-12)10(8-14)9-4-2-1-3-5-9/h1-7,10H/t10-/m1/s1. The van der Waals surface area contributed by atoms with E-state index in [0.717, 1.165) is 5.56 Å². The molecule has 1 aromatic carbocycles. The van der Waals surface area contributed by atoms with Gasteiger partial charge in [-0.1, -0.05) is 41.9 Å². The van der Waals surface area contributed by atoms with Gasteiger partial charge in [0, 0.05) is 0 Å². The van der Waals surface area contributed by atoms with Crippen molar-refractivity contribution < 1.29 is 0 Å². The molecule has 1 heterocycles. The molecule has 0 saturated carbocycles. The molecule has 0 aliphatic carbocycles. The molecule has 3 nitrogen and oxygen atoms in total. The van der Waals surface area contributed by atoms with Crippen LogP contribution in [0.5, 0.6) is 0 Å². The van der Waals surface area contributed by atoms with E-state index in [4.69, 9.17) is 16.9 Å². The molecule has 0 N–H and O–H groups in total. The number of benzene rings is 1. The van der Waals surface area contributed by atoms with E-state index in [-0.39, 0.29) is 0 Å². The highest BCUT2D eigenvalue weighted by Crippen LogP contribution is 2.21. The molecule has 1 atom stereocenters. The van der Waals surface area contributed by atoms with Crippen molar-refractivity contribution in [3.63, 3.8) is 0 Å². The molecule has 1 aromatic heterocycles. The van der Waals surface area contributed by atoms with E-state index in [9.17, 15) is 0 Å². The minimum Gasteiger partial charge on any atom is -0.197 e. The molecule has 0 unspecified atom stereocenters. The molecule has 0 saturated heterocycles. The molecule has 0 aliphatic heterocycles. The smallest absolute Gasteiger partial charge is 0.151 e. The Morgan fingerprint density at radius 3 is 2.38 bits per heavy atom. The van der Waals surface area contributed by atoms with Gasteiger partial charge in [0.05, 0.1) is 11.8 Å². The van der Waals surface area contributed by atoms with Gasteiger partial charge in [-0.05, 0) is 17.7 Å². The summed E-state index contributed by atoms with van der Waals surface area (Å²) in [6, 6.07) is 15.0. The Balaban J connectivity index is 2.38. The SMILES string of the molecule is N#C[C@H](c1ccccc1)c1ccc(Cl)nn1. The van der Waals surface area contributed by atoms with Crippen LogP contribution in [0.2, 0.25) is 5.15 Å². The summed E-state index contributed by atoms with van der Waals surface area (Å²) in [5, 5.41) is 17.1. The fourth-order valence-electron chi connectivity index (χ4n) is 1.44. The highest BCUT2D eigenvalue weighted by atomic mass is 35.5. The normalized spacial score (nSPS) is 11.8. The van der Waals surface area contributed by atoms with Crippen LogP contribution in [-0.2, 0) is 0 Å². The van der Waals surface area contributed by atoms with Crippen LogP contribution in [0.25, 0.3) is 0 Å². The summed E-state index contributed by atoms with van der Waals surface area (Å²) in [6.45, 7) is 0. The van der Waals surface area contributed by atoms with Crippen LogP contribution >= 0.6 is 11.6 Å². The zero-order chi connectivity index (χ0) is 11.4. The second kappa shape index (κ2) is 4.73. The van der Waals surface area contributed by atoms with Crippen LogP contribution in [0, 0.1) is 11.3 Å². The van der Waals surface area contributed by atoms with Gasteiger partial charge in [0.2, 0.25) is 0 Å². The number of hydrogen-bond donors (Lipinski definition) is 0. The molecular weight excluding hydrogens is 222 g/mol. The van der Waals surface area contributed by atoms with Crippen LogP contribution < -0.4 is 0 Å². The van der Waals surface area contributed by atoms with Crippen LogP contribution in [0.3, 0.4) is 0 Å². The minimum atomic E-state index is -0.397. The summed E-state index contributed by atoms with van der Waals surface area (Å²) < 4.78 is 0. The van der Waals surface area contributed by atoms with Gasteiger partial charge >= 0.3 is 0 Å². The van der Waals surface area contributed by atoms with Gasteiger partial charge in [-0.25, -0.2) is 0 Å². The summed E-state index contributed by atoms with van der Waals surface area (Å²) in [5.41, 5.74) is 1.51. The van der Waals surface area contributed by atoms with Crippen molar-refractivity contribution in [2.45, 2.75) is 5.92 Å². The van der Waals surface area contributed by atoms with Crippen molar-refractivity contribution in [1.82, 2.24) is 10.2 Å². The van der Waals surface area contributed by atoms with E-state index < -0.39 is 5.92 Å². The summed E-state index contributed by atoms with van der Waals surface area (Å²) in [5.74, 6) is -0.397. The molecule has 0 aliphatic rings. The number of nitrogens with zero attached hydrogens (tertiary/aromatic N) is 3. The monoisotopic (exact) mass is 229 g/mol. The van der Waals surface area contributed by atoms with Crippen molar-refractivity contribution in [2.75, 3.05) is 0 Å². The van der Waals surface area contributed by atoms with E-state index in [2.05, 4.69) is 16.3 Å². The van der Waals surface area contributed by atoms with E-state index in [1.807, 2.05) is 30.3 Å². The Morgan fingerprint density at radius 1 is 1.06 bits per heavy atom. The molecule has 0 radical (unpaired) electrons. The Hall–Kier alpha value is -1.92. The quantitative estimate of drug-likeness (QED) is 0.796. The molecule has 0 spiro atoms. The van der Waals surface area contributed by atoms with Gasteiger partial charge in [-0.2, -0.15) is 10.4 Å². The van der Waals surface area contributed by atoms with Crippen LogP contribution in [0.15, 0.2) is 42.5 Å². The predicted octanol–water partition coefficient (Wildman–Crippen LogP) is 2.79. The number of halogens is 1. The number of aromatic nitrogens is 2. The molecule has 2 aromatic rings. The third kappa shape index (κ3) is 2.18. The maximum absolute atomic E-state index is 9.15. The van der Waals surface area contributed by atoms with Crippen LogP contribution in [-0.4, -0.2) is 10.2 Å². The summed E-state index contributed by atoms with van der Waals surface area (Å²) in [7, 11) is 0. The van der Waals surface area contributed by atoms with Crippen molar-refractivity contribution >= 4 is 11.6 Å². The molecule has 2 rings (SSSR count). The number of hydrogen-bond acceptors (Lipinski definition) is 3. The molecule has 0 amide bonds. The fourth-order valence-corrected chi connectivity index (χ4v) is 1.54. The first kappa shape index (κ1) is 10.6. The lowest BCUT2D eigenvalue weighted by atomic mass is 9.97. The van der Waals surface area contributed by atoms with Crippen molar-refractivity contribution in [3.8, 4) is 6.07 Å². The van der Waals surface area contributed by atoms with Crippen LogP contribution in [0.1, 0.15) is 17.2 Å². The fraction of sp³-hybridized carbons (Fsp3) is 0.0833. The zero-order valence-corrected chi connectivity index (χ0v) is 9.09. The van der Waals surface area contributed by atoms with Gasteiger partial charge in [0.25, 0.3) is 0 Å². The number of rotatable bonds is 2. The first-order chi connectivity index (χ1) is 7.81. The first-order valence-electron chi connectivity index (χ1n) is 4.75. The Kier molecular flexibility index (Phi) is 3.13. The molecular formula is C12H8ClN3. The third-order valence-electron chi connectivity index (χ3n) is 2.21. The molecule has 0 fully saturated rings. The minimum absolute atomic E-state index is 0.327. The largest absolute Gasteiger partial charge is 0.197 e. The Labute approximate surface area is 98.3 Å². The van der Waals surface area contributed by atoms with Crippen molar-refractivity contribution in [3.05, 3.63) is 58.9 Å². The van der Waals surface area contributed by atoms with Gasteiger partial charge in [-0.15, -0.1) is 5.10 Å². The molecule has 0 bridgehead atoms. The Bertz CT molecular complexity index is 502. The van der Waals surface area contributed by atoms with Gasteiger partial charge in [0.15, 0.2) is 5.15 Å². The third-order valence-corrected chi connectivity index (χ3v) is 2.41. The zero-order valence-electron chi connectivity index (χ0n) is 8.34. The van der Waals surface area contributed by atoms with E-state index in [0.29, 0.717) is 10.8 Å². The molecule has 78 valence electrons. The van der Waals surface area contributed by atoms with Gasteiger partial charge < -0.3 is 0 Å². The molecule has 4 heteroatoms. The second-order valence-electron chi connectivity index (χ2n) is 3.25. The van der Waals surface area contributed by atoms with E-state index >= 15 is 0 Å². The Morgan fingerprint density at radius 2 is 1.81 bits per heavy atom. The van der Waals surface area contributed by atoms with Gasteiger partial charge in [0.1, 0.15) is 5.92 Å². The highest BCUT2D eigenvalue weighted by Gasteiger charge is 2.14. The maximum Gasteiger partial charge on any atom is 0.151 e. The lowest BCUT2D eigenvalue weighted by Crippen LogP contribution is -2.02. The lowest BCUT2D eigenvalue weighted by Gasteiger charge is -2.07. The summed E-state index contributed by atoms with van der Waals surface area (Å²) in [6.07, 6.45) is 0. The second-order valence-corrected chi connectivity index (χ2v) is 3.64. The maximum atomic E-state index is 9.15. The first-order valence-corrected chi connectivity index (χ1v) is 5.13.